The van der Waals surface area contributed by atoms with E-state index in [1.807, 2.05) is 37.5 Å². The summed E-state index contributed by atoms with van der Waals surface area (Å²) < 4.78 is 9.30. The van der Waals surface area contributed by atoms with E-state index in [2.05, 4.69) is 49.9 Å². The van der Waals surface area contributed by atoms with Gasteiger partial charge in [0.25, 0.3) is 0 Å². The fourth-order valence-electron chi connectivity index (χ4n) is 5.58. The summed E-state index contributed by atoms with van der Waals surface area (Å²) >= 11 is 0. The van der Waals surface area contributed by atoms with E-state index in [0.717, 1.165) is 54.3 Å². The molecule has 0 spiro atoms. The number of carbonyl (C=O) groups is 1. The van der Waals surface area contributed by atoms with Gasteiger partial charge in [0.05, 0.1) is 18.5 Å². The molecule has 9 heteroatoms. The standard InChI is InChI=1S/C31H35N7O2/c1-3-40-31(39)25-20-33-38-28(35(2)21-23-11-6-4-7-12-23)19-27(34-30(25)38)26-22-37(29-24(26)13-10-14-32-29)18-17-36-15-8-5-9-16-36/h4,6-7,10-14,19-20,22H,3,5,8-9,15-18,21H2,1-2H3. The first-order chi connectivity index (χ1) is 19.6. The predicted molar refractivity (Wildman–Crippen MR) is 157 cm³/mol. The number of likely N-dealkylation sites (tertiary alicyclic amines) is 1. The molecule has 40 heavy (non-hydrogen) atoms. The van der Waals surface area contributed by atoms with Crippen molar-refractivity contribution in [1.29, 1.82) is 0 Å². The minimum absolute atomic E-state index is 0.285. The van der Waals surface area contributed by atoms with Crippen molar-refractivity contribution < 1.29 is 9.53 Å². The molecule has 0 bridgehead atoms. The Morgan fingerprint density at radius 1 is 1.02 bits per heavy atom. The Kier molecular flexibility index (Phi) is 7.46. The van der Waals surface area contributed by atoms with Crippen LogP contribution in [0.25, 0.3) is 27.9 Å². The van der Waals surface area contributed by atoms with Gasteiger partial charge in [0.15, 0.2) is 5.65 Å². The molecule has 5 heterocycles. The van der Waals surface area contributed by atoms with Gasteiger partial charge in [0.2, 0.25) is 0 Å². The van der Waals surface area contributed by atoms with Gasteiger partial charge >= 0.3 is 5.97 Å². The monoisotopic (exact) mass is 537 g/mol. The summed E-state index contributed by atoms with van der Waals surface area (Å²) in [6, 6.07) is 16.4. The summed E-state index contributed by atoms with van der Waals surface area (Å²) in [6.45, 7) is 6.93. The first-order valence-corrected chi connectivity index (χ1v) is 14.1. The molecule has 1 aliphatic rings. The lowest BCUT2D eigenvalue weighted by atomic mass is 10.1. The summed E-state index contributed by atoms with van der Waals surface area (Å²) in [5.74, 6) is 0.405. The van der Waals surface area contributed by atoms with Crippen LogP contribution in [0, 0.1) is 0 Å². The van der Waals surface area contributed by atoms with Crippen LogP contribution in [0.3, 0.4) is 0 Å². The molecule has 0 saturated carbocycles. The van der Waals surface area contributed by atoms with Crippen LogP contribution in [0.5, 0.6) is 0 Å². The van der Waals surface area contributed by atoms with Crippen LogP contribution in [0.4, 0.5) is 5.82 Å². The van der Waals surface area contributed by atoms with Crippen molar-refractivity contribution in [2.24, 2.45) is 0 Å². The summed E-state index contributed by atoms with van der Waals surface area (Å²) in [4.78, 5) is 27.2. The zero-order valence-corrected chi connectivity index (χ0v) is 23.2. The van der Waals surface area contributed by atoms with Crippen LogP contribution < -0.4 is 4.90 Å². The summed E-state index contributed by atoms with van der Waals surface area (Å²) in [5.41, 5.74) is 4.69. The number of anilines is 1. The summed E-state index contributed by atoms with van der Waals surface area (Å²) in [6.07, 6.45) is 9.41. The number of carbonyl (C=O) groups excluding carboxylic acids is 1. The highest BCUT2D eigenvalue weighted by atomic mass is 16.5. The zero-order valence-electron chi connectivity index (χ0n) is 23.2. The molecule has 4 aromatic heterocycles. The molecule has 206 valence electrons. The number of nitrogens with zero attached hydrogens (tertiary/aromatic N) is 7. The number of piperidine rings is 1. The number of hydrogen-bond acceptors (Lipinski definition) is 7. The van der Waals surface area contributed by atoms with Crippen LogP contribution in [0.2, 0.25) is 0 Å². The molecule has 0 N–H and O–H groups in total. The fourth-order valence-corrected chi connectivity index (χ4v) is 5.58. The van der Waals surface area contributed by atoms with Crippen LogP contribution in [0.15, 0.2) is 67.1 Å². The van der Waals surface area contributed by atoms with Crippen molar-refractivity contribution in [2.75, 3.05) is 38.2 Å². The molecular formula is C31H35N7O2. The Labute approximate surface area is 234 Å². The van der Waals surface area contributed by atoms with Crippen molar-refractivity contribution in [2.45, 2.75) is 39.3 Å². The Bertz CT molecular complexity index is 1620. The smallest absolute Gasteiger partial charge is 0.343 e. The second-order valence-electron chi connectivity index (χ2n) is 10.4. The lowest BCUT2D eigenvalue weighted by Gasteiger charge is -2.26. The Morgan fingerprint density at radius 3 is 2.65 bits per heavy atom. The van der Waals surface area contributed by atoms with Gasteiger partial charge in [-0.15, -0.1) is 0 Å². The number of fused-ring (bicyclic) bond motifs is 2. The topological polar surface area (TPSA) is 80.8 Å². The average molecular weight is 538 g/mol. The highest BCUT2D eigenvalue weighted by Gasteiger charge is 2.22. The predicted octanol–water partition coefficient (Wildman–Crippen LogP) is 5.05. The number of aromatic nitrogens is 5. The Hall–Kier alpha value is -4.24. The van der Waals surface area contributed by atoms with Crippen LogP contribution in [-0.4, -0.2) is 68.3 Å². The van der Waals surface area contributed by atoms with Gasteiger partial charge in [-0.05, 0) is 50.6 Å². The maximum atomic E-state index is 12.8. The molecule has 9 nitrogen and oxygen atoms in total. The van der Waals surface area contributed by atoms with Crippen LogP contribution in [-0.2, 0) is 17.8 Å². The molecule has 1 aromatic carbocycles. The molecular weight excluding hydrogens is 502 g/mol. The molecule has 5 aromatic rings. The van der Waals surface area contributed by atoms with E-state index in [4.69, 9.17) is 14.7 Å². The van der Waals surface area contributed by atoms with Gasteiger partial charge in [-0.1, -0.05) is 36.8 Å². The number of ether oxygens (including phenoxy) is 1. The third-order valence-corrected chi connectivity index (χ3v) is 7.62. The minimum Gasteiger partial charge on any atom is -0.462 e. The first kappa shape index (κ1) is 26.0. The molecule has 0 radical (unpaired) electrons. The second-order valence-corrected chi connectivity index (χ2v) is 10.4. The minimum atomic E-state index is -0.426. The molecule has 1 aliphatic heterocycles. The third kappa shape index (κ3) is 5.16. The van der Waals surface area contributed by atoms with Crippen LogP contribution in [0.1, 0.15) is 42.1 Å². The molecule has 1 saturated heterocycles. The van der Waals surface area contributed by atoms with Gasteiger partial charge in [0, 0.05) is 56.1 Å². The maximum Gasteiger partial charge on any atom is 0.343 e. The zero-order chi connectivity index (χ0) is 27.5. The van der Waals surface area contributed by atoms with E-state index >= 15 is 0 Å². The largest absolute Gasteiger partial charge is 0.462 e. The van der Waals surface area contributed by atoms with Crippen molar-refractivity contribution in [3.63, 3.8) is 0 Å². The van der Waals surface area contributed by atoms with Crippen molar-refractivity contribution in [3.05, 3.63) is 78.2 Å². The number of pyridine rings is 1. The maximum absolute atomic E-state index is 12.8. The quantitative estimate of drug-likeness (QED) is 0.244. The van der Waals surface area contributed by atoms with E-state index in [1.54, 1.807) is 17.6 Å². The first-order valence-electron chi connectivity index (χ1n) is 14.1. The van der Waals surface area contributed by atoms with Gasteiger partial charge in [0.1, 0.15) is 17.0 Å². The second kappa shape index (κ2) is 11.5. The lowest BCUT2D eigenvalue weighted by molar-refractivity contribution is 0.0528. The number of hydrogen-bond donors (Lipinski definition) is 0. The van der Waals surface area contributed by atoms with Gasteiger partial charge in [-0.3, -0.25) is 0 Å². The number of esters is 1. The highest BCUT2D eigenvalue weighted by molar-refractivity contribution is 5.98. The molecule has 0 amide bonds. The van der Waals surface area contributed by atoms with Gasteiger partial charge < -0.3 is 19.1 Å². The molecule has 0 unspecified atom stereocenters. The SMILES string of the molecule is CCOC(=O)c1cnn2c(N(C)Cc3ccccc3)cc(-c3cn(CCN4CCCCC4)c4ncccc34)nc12. The lowest BCUT2D eigenvalue weighted by Crippen LogP contribution is -2.32. The molecule has 0 aliphatic carbocycles. The van der Waals surface area contributed by atoms with E-state index < -0.39 is 5.97 Å². The van der Waals surface area contributed by atoms with Crippen LogP contribution >= 0.6 is 0 Å². The summed E-state index contributed by atoms with van der Waals surface area (Å²) in [7, 11) is 2.03. The van der Waals surface area contributed by atoms with Gasteiger partial charge in [-0.25, -0.2) is 14.8 Å². The van der Waals surface area contributed by atoms with E-state index in [9.17, 15) is 4.79 Å². The number of benzene rings is 1. The van der Waals surface area contributed by atoms with Crippen molar-refractivity contribution >= 4 is 28.5 Å². The molecule has 1 fully saturated rings. The number of rotatable bonds is 9. The molecule has 6 rings (SSSR count). The Morgan fingerprint density at radius 2 is 1.85 bits per heavy atom. The normalized spacial score (nSPS) is 14.2. The van der Waals surface area contributed by atoms with E-state index in [0.29, 0.717) is 17.8 Å². The molecule has 0 atom stereocenters. The van der Waals surface area contributed by atoms with E-state index in [-0.39, 0.29) is 6.61 Å². The van der Waals surface area contributed by atoms with E-state index in [1.165, 1.54) is 24.8 Å². The highest BCUT2D eigenvalue weighted by Crippen LogP contribution is 2.32. The fraction of sp³-hybridized carbons (Fsp3) is 0.355. The van der Waals surface area contributed by atoms with Crippen molar-refractivity contribution in [3.8, 4) is 11.3 Å². The summed E-state index contributed by atoms with van der Waals surface area (Å²) in [5, 5.41) is 5.59. The van der Waals surface area contributed by atoms with Gasteiger partial charge in [-0.2, -0.15) is 9.61 Å². The third-order valence-electron chi connectivity index (χ3n) is 7.62. The average Bonchev–Trinajstić information content (AvgIpc) is 3.59. The Balaban J connectivity index is 1.44. The van der Waals surface area contributed by atoms with Crippen molar-refractivity contribution in [1.82, 2.24) is 29.0 Å².